The molecule has 34 heavy (non-hydrogen) atoms. The SMILES string of the molecule is O=C(Cc1ccc(COc2ccccc2)cc1)Cc1ncc(-c2cccc(-c3nn[nH]n3)n2)o1. The summed E-state index contributed by atoms with van der Waals surface area (Å²) in [7, 11) is 0. The molecule has 0 aliphatic heterocycles. The summed E-state index contributed by atoms with van der Waals surface area (Å²) < 4.78 is 11.5. The van der Waals surface area contributed by atoms with Gasteiger partial charge < -0.3 is 9.15 Å². The predicted octanol–water partition coefficient (Wildman–Crippen LogP) is 3.85. The summed E-state index contributed by atoms with van der Waals surface area (Å²) in [4.78, 5) is 21.3. The number of ketones is 1. The second-order valence-electron chi connectivity index (χ2n) is 7.57. The normalized spacial score (nSPS) is 10.8. The Hall–Kier alpha value is -4.66. The van der Waals surface area contributed by atoms with E-state index in [0.717, 1.165) is 16.9 Å². The Balaban J connectivity index is 1.17. The summed E-state index contributed by atoms with van der Waals surface area (Å²) >= 11 is 0. The molecule has 5 aromatic rings. The van der Waals surface area contributed by atoms with Crippen LogP contribution >= 0.6 is 0 Å². The lowest BCUT2D eigenvalue weighted by Gasteiger charge is -2.07. The van der Waals surface area contributed by atoms with E-state index in [0.29, 0.717) is 41.9 Å². The maximum absolute atomic E-state index is 12.6. The van der Waals surface area contributed by atoms with Gasteiger partial charge in [-0.3, -0.25) is 4.79 Å². The number of nitrogens with zero attached hydrogens (tertiary/aromatic N) is 5. The van der Waals surface area contributed by atoms with Gasteiger partial charge in [0.1, 0.15) is 29.5 Å². The van der Waals surface area contributed by atoms with Crippen LogP contribution in [0.2, 0.25) is 0 Å². The van der Waals surface area contributed by atoms with Gasteiger partial charge in [-0.15, -0.1) is 10.2 Å². The van der Waals surface area contributed by atoms with Crippen molar-refractivity contribution >= 4 is 5.78 Å². The van der Waals surface area contributed by atoms with E-state index in [1.54, 1.807) is 18.3 Å². The number of pyridine rings is 1. The van der Waals surface area contributed by atoms with E-state index in [1.807, 2.05) is 60.7 Å². The third kappa shape index (κ3) is 5.21. The number of nitrogens with one attached hydrogen (secondary N) is 1. The number of rotatable bonds is 9. The summed E-state index contributed by atoms with van der Waals surface area (Å²) in [6, 6.07) is 22.9. The van der Waals surface area contributed by atoms with Gasteiger partial charge in [0, 0.05) is 6.42 Å². The number of ether oxygens (including phenoxy) is 1. The Kier molecular flexibility index (Phi) is 6.15. The van der Waals surface area contributed by atoms with Gasteiger partial charge in [-0.25, -0.2) is 9.97 Å². The van der Waals surface area contributed by atoms with Crippen molar-refractivity contribution in [3.05, 3.63) is 96.0 Å². The summed E-state index contributed by atoms with van der Waals surface area (Å²) in [5, 5.41) is 13.8. The average molecular weight is 452 g/mol. The zero-order valence-electron chi connectivity index (χ0n) is 18.1. The molecule has 5 rings (SSSR count). The molecule has 2 aromatic carbocycles. The Morgan fingerprint density at radius 2 is 1.68 bits per heavy atom. The van der Waals surface area contributed by atoms with Crippen LogP contribution in [0.1, 0.15) is 17.0 Å². The molecule has 0 atom stereocenters. The molecule has 9 heteroatoms. The van der Waals surface area contributed by atoms with Crippen molar-refractivity contribution in [3.8, 4) is 28.7 Å². The number of Topliss-reactive ketones (excluding diaryl/α,β-unsaturated/α-hetero) is 1. The van der Waals surface area contributed by atoms with E-state index in [9.17, 15) is 4.79 Å². The van der Waals surface area contributed by atoms with Crippen molar-refractivity contribution in [3.63, 3.8) is 0 Å². The van der Waals surface area contributed by atoms with E-state index < -0.39 is 0 Å². The number of benzene rings is 2. The van der Waals surface area contributed by atoms with Gasteiger partial charge in [-0.1, -0.05) is 48.5 Å². The van der Waals surface area contributed by atoms with Crippen molar-refractivity contribution in [2.75, 3.05) is 0 Å². The molecule has 0 spiro atoms. The Morgan fingerprint density at radius 1 is 0.882 bits per heavy atom. The molecule has 0 aliphatic carbocycles. The fraction of sp³-hybridized carbons (Fsp3) is 0.120. The number of aromatic amines is 1. The highest BCUT2D eigenvalue weighted by molar-refractivity contribution is 5.82. The molecule has 0 saturated carbocycles. The van der Waals surface area contributed by atoms with Crippen LogP contribution in [0.3, 0.4) is 0 Å². The predicted molar refractivity (Wildman–Crippen MR) is 123 cm³/mol. The van der Waals surface area contributed by atoms with Gasteiger partial charge in [0.05, 0.1) is 12.6 Å². The highest BCUT2D eigenvalue weighted by atomic mass is 16.5. The van der Waals surface area contributed by atoms with Crippen LogP contribution in [-0.4, -0.2) is 36.4 Å². The summed E-state index contributed by atoms with van der Waals surface area (Å²) in [5.41, 5.74) is 3.09. The van der Waals surface area contributed by atoms with Crippen LogP contribution < -0.4 is 4.74 Å². The van der Waals surface area contributed by atoms with Crippen LogP contribution in [0.5, 0.6) is 5.75 Å². The van der Waals surface area contributed by atoms with Crippen LogP contribution in [-0.2, 0) is 24.2 Å². The lowest BCUT2D eigenvalue weighted by atomic mass is 10.1. The van der Waals surface area contributed by atoms with E-state index in [1.165, 1.54) is 0 Å². The lowest BCUT2D eigenvalue weighted by molar-refractivity contribution is -0.118. The van der Waals surface area contributed by atoms with Crippen molar-refractivity contribution in [2.24, 2.45) is 0 Å². The number of H-pyrrole nitrogens is 1. The highest BCUT2D eigenvalue weighted by Crippen LogP contribution is 2.21. The van der Waals surface area contributed by atoms with Gasteiger partial charge in [-0.2, -0.15) is 5.21 Å². The highest BCUT2D eigenvalue weighted by Gasteiger charge is 2.14. The smallest absolute Gasteiger partial charge is 0.222 e. The summed E-state index contributed by atoms with van der Waals surface area (Å²) in [6.45, 7) is 0.472. The number of para-hydroxylation sites is 1. The molecular weight excluding hydrogens is 432 g/mol. The van der Waals surface area contributed by atoms with Crippen LogP contribution in [0, 0.1) is 0 Å². The lowest BCUT2D eigenvalue weighted by Crippen LogP contribution is -2.07. The third-order valence-electron chi connectivity index (χ3n) is 5.05. The van der Waals surface area contributed by atoms with Gasteiger partial charge in [0.25, 0.3) is 0 Å². The molecule has 168 valence electrons. The molecular formula is C25H20N6O3. The first kappa shape index (κ1) is 21.2. The number of hydrogen-bond donors (Lipinski definition) is 1. The van der Waals surface area contributed by atoms with Crippen molar-refractivity contribution < 1.29 is 13.9 Å². The van der Waals surface area contributed by atoms with Crippen molar-refractivity contribution in [1.82, 2.24) is 30.6 Å². The first-order valence-corrected chi connectivity index (χ1v) is 10.7. The van der Waals surface area contributed by atoms with Crippen molar-refractivity contribution in [2.45, 2.75) is 19.4 Å². The third-order valence-corrected chi connectivity index (χ3v) is 5.05. The number of carbonyl (C=O) groups is 1. The maximum atomic E-state index is 12.6. The van der Waals surface area contributed by atoms with Crippen LogP contribution in [0.25, 0.3) is 23.0 Å². The van der Waals surface area contributed by atoms with Gasteiger partial charge in [-0.05, 0) is 40.6 Å². The minimum absolute atomic E-state index is 0.00944. The van der Waals surface area contributed by atoms with Crippen LogP contribution in [0.15, 0.2) is 83.4 Å². The molecule has 9 nitrogen and oxygen atoms in total. The first-order valence-electron chi connectivity index (χ1n) is 10.7. The minimum Gasteiger partial charge on any atom is -0.489 e. The first-order chi connectivity index (χ1) is 16.7. The molecule has 0 fully saturated rings. The second kappa shape index (κ2) is 9.86. The summed E-state index contributed by atoms with van der Waals surface area (Å²) in [5.74, 6) is 2.03. The molecule has 0 unspecified atom stereocenters. The Morgan fingerprint density at radius 3 is 2.47 bits per heavy atom. The van der Waals surface area contributed by atoms with E-state index in [2.05, 4.69) is 30.6 Å². The molecule has 0 radical (unpaired) electrons. The molecule has 0 saturated heterocycles. The molecule has 0 bridgehead atoms. The van der Waals surface area contributed by atoms with E-state index >= 15 is 0 Å². The van der Waals surface area contributed by atoms with Gasteiger partial charge in [0.2, 0.25) is 11.7 Å². The zero-order valence-corrected chi connectivity index (χ0v) is 18.1. The zero-order chi connectivity index (χ0) is 23.2. The summed E-state index contributed by atoms with van der Waals surface area (Å²) in [6.07, 6.45) is 1.96. The Labute approximate surface area is 194 Å². The molecule has 3 aromatic heterocycles. The number of oxazole rings is 1. The largest absolute Gasteiger partial charge is 0.489 e. The average Bonchev–Trinajstić information content (AvgIpc) is 3.57. The topological polar surface area (TPSA) is 120 Å². The van der Waals surface area contributed by atoms with E-state index in [-0.39, 0.29) is 12.2 Å². The molecule has 0 aliphatic rings. The Bertz CT molecular complexity index is 1370. The van der Waals surface area contributed by atoms with Gasteiger partial charge in [0.15, 0.2) is 5.76 Å². The fourth-order valence-electron chi connectivity index (χ4n) is 3.37. The number of aromatic nitrogens is 6. The van der Waals surface area contributed by atoms with Crippen LogP contribution in [0.4, 0.5) is 0 Å². The van der Waals surface area contributed by atoms with Gasteiger partial charge >= 0.3 is 0 Å². The number of carbonyl (C=O) groups excluding carboxylic acids is 1. The minimum atomic E-state index is 0.00944. The van der Waals surface area contributed by atoms with Crippen molar-refractivity contribution in [1.29, 1.82) is 0 Å². The molecule has 1 N–H and O–H groups in total. The molecule has 0 amide bonds. The number of hydrogen-bond acceptors (Lipinski definition) is 8. The second-order valence-corrected chi connectivity index (χ2v) is 7.57. The number of tetrazole rings is 1. The fourth-order valence-corrected chi connectivity index (χ4v) is 3.37. The quantitative estimate of drug-likeness (QED) is 0.358. The molecule has 3 heterocycles. The maximum Gasteiger partial charge on any atom is 0.222 e. The van der Waals surface area contributed by atoms with E-state index in [4.69, 9.17) is 9.15 Å². The monoisotopic (exact) mass is 452 g/mol. The standard InChI is InChI=1S/C25H20N6O3/c32-19(13-17-9-11-18(12-10-17)16-33-20-5-2-1-3-6-20)14-24-26-15-23(34-24)21-7-4-8-22(27-21)25-28-30-31-29-25/h1-12,15H,13-14,16H2,(H,28,29,30,31).